The summed E-state index contributed by atoms with van der Waals surface area (Å²) in [5.41, 5.74) is 8.55. The molecule has 8 heteroatoms. The van der Waals surface area contributed by atoms with Gasteiger partial charge in [0.2, 0.25) is 0 Å². The van der Waals surface area contributed by atoms with Gasteiger partial charge in [0.25, 0.3) is 0 Å². The summed E-state index contributed by atoms with van der Waals surface area (Å²) in [7, 11) is 0. The first-order valence-electron chi connectivity index (χ1n) is 13.9. The number of carboxylic acids is 1. The number of carboxylic acid groups (broad SMARTS) is 1. The topological polar surface area (TPSA) is 113 Å². The number of carbonyl (C=O) groups is 1. The van der Waals surface area contributed by atoms with Gasteiger partial charge in [-0.05, 0) is 66.1 Å². The van der Waals surface area contributed by atoms with E-state index in [-0.39, 0.29) is 5.56 Å². The molecule has 212 valence electrons. The predicted molar refractivity (Wildman–Crippen MR) is 168 cm³/mol. The first kappa shape index (κ1) is 27.6. The monoisotopic (exact) mass is 567 g/mol. The van der Waals surface area contributed by atoms with Crippen LogP contribution in [0.25, 0.3) is 28.2 Å². The molecule has 3 aromatic carbocycles. The summed E-state index contributed by atoms with van der Waals surface area (Å²) in [6, 6.07) is 32.8. The molecule has 0 aliphatic heterocycles. The van der Waals surface area contributed by atoms with Crippen molar-refractivity contribution in [3.8, 4) is 22.5 Å². The summed E-state index contributed by atoms with van der Waals surface area (Å²) in [4.78, 5) is 20.5. The number of nitrogens with zero attached hydrogens (tertiary/aromatic N) is 3. The fourth-order valence-corrected chi connectivity index (χ4v) is 4.79. The van der Waals surface area contributed by atoms with E-state index in [0.29, 0.717) is 13.2 Å². The average molecular weight is 568 g/mol. The Morgan fingerprint density at radius 3 is 2.33 bits per heavy atom. The van der Waals surface area contributed by atoms with E-state index in [1.807, 2.05) is 53.1 Å². The number of fused-ring (bicyclic) bond motifs is 1. The van der Waals surface area contributed by atoms with Gasteiger partial charge in [-0.15, -0.1) is 0 Å². The van der Waals surface area contributed by atoms with Gasteiger partial charge in [0.15, 0.2) is 0 Å². The first-order chi connectivity index (χ1) is 21.1. The summed E-state index contributed by atoms with van der Waals surface area (Å²) in [6.07, 6.45) is 5.72. The van der Waals surface area contributed by atoms with E-state index < -0.39 is 5.97 Å². The molecular weight excluding hydrogens is 538 g/mol. The van der Waals surface area contributed by atoms with E-state index >= 15 is 0 Å². The highest BCUT2D eigenvalue weighted by Gasteiger charge is 2.15. The van der Waals surface area contributed by atoms with E-state index in [1.54, 1.807) is 30.5 Å². The van der Waals surface area contributed by atoms with E-state index in [9.17, 15) is 9.90 Å². The van der Waals surface area contributed by atoms with Crippen molar-refractivity contribution in [2.75, 3.05) is 11.9 Å². The number of aromatic nitrogens is 3. The van der Waals surface area contributed by atoms with Gasteiger partial charge in [0.05, 0.1) is 24.5 Å². The van der Waals surface area contributed by atoms with Crippen molar-refractivity contribution in [2.24, 2.45) is 0 Å². The molecule has 6 aromatic rings. The Kier molecular flexibility index (Phi) is 8.02. The molecule has 0 bridgehead atoms. The molecule has 3 N–H and O–H groups in total. The maximum Gasteiger partial charge on any atom is 0.335 e. The number of aromatic carboxylic acids is 1. The van der Waals surface area contributed by atoms with Crippen molar-refractivity contribution in [1.29, 1.82) is 5.41 Å². The Morgan fingerprint density at radius 2 is 1.63 bits per heavy atom. The molecule has 0 fully saturated rings. The van der Waals surface area contributed by atoms with Crippen LogP contribution >= 0.6 is 0 Å². The van der Waals surface area contributed by atoms with E-state index in [1.165, 1.54) is 11.8 Å². The fraction of sp³-hybridized carbons (Fsp3) is 0.0857. The molecule has 0 amide bonds. The van der Waals surface area contributed by atoms with Gasteiger partial charge in [-0.1, -0.05) is 54.6 Å². The molecule has 0 saturated carbocycles. The Bertz CT molecular complexity index is 1860. The predicted octanol–water partition coefficient (Wildman–Crippen LogP) is 7.26. The van der Waals surface area contributed by atoms with Crippen LogP contribution in [-0.2, 0) is 17.8 Å². The third-order valence-corrected chi connectivity index (χ3v) is 7.16. The van der Waals surface area contributed by atoms with Crippen LogP contribution in [0.3, 0.4) is 0 Å². The molecule has 0 atom stereocenters. The lowest BCUT2D eigenvalue weighted by atomic mass is 10.1. The van der Waals surface area contributed by atoms with E-state index in [0.717, 1.165) is 57.2 Å². The van der Waals surface area contributed by atoms with Crippen LogP contribution in [0.15, 0.2) is 116 Å². The number of pyridine rings is 2. The first-order valence-corrected chi connectivity index (χ1v) is 13.9. The van der Waals surface area contributed by atoms with Gasteiger partial charge in [0, 0.05) is 41.0 Å². The molecule has 0 radical (unpaired) electrons. The summed E-state index contributed by atoms with van der Waals surface area (Å²) < 4.78 is 7.95. The molecule has 43 heavy (non-hydrogen) atoms. The standard InChI is InChI=1S/C35H29N5O3/c36-21-26-8-17-31(37-22-26)27-9-6-25(7-10-27)23-43-20-18-24-4-11-28(12-5-24)33-34(40-19-2-1-3-32(40)39-33)38-30-15-13-29(14-16-30)35(41)42/h1-17,19,21-22,36,38H,18,20,23H2,(H,41,42). The summed E-state index contributed by atoms with van der Waals surface area (Å²) in [5.74, 6) is -0.151. The second-order valence-electron chi connectivity index (χ2n) is 10.1. The lowest BCUT2D eigenvalue weighted by Gasteiger charge is -2.10. The minimum atomic E-state index is -0.956. The van der Waals surface area contributed by atoms with Gasteiger partial charge in [-0.2, -0.15) is 0 Å². The molecule has 0 aliphatic rings. The summed E-state index contributed by atoms with van der Waals surface area (Å²) >= 11 is 0. The van der Waals surface area contributed by atoms with Gasteiger partial charge in [0.1, 0.15) is 17.2 Å². The van der Waals surface area contributed by atoms with Gasteiger partial charge >= 0.3 is 5.97 Å². The largest absolute Gasteiger partial charge is 0.478 e. The molecule has 0 spiro atoms. The van der Waals surface area contributed by atoms with Crippen LogP contribution in [0.1, 0.15) is 27.0 Å². The van der Waals surface area contributed by atoms with Crippen LogP contribution in [0.5, 0.6) is 0 Å². The lowest BCUT2D eigenvalue weighted by Crippen LogP contribution is -2.00. The number of nitrogens with one attached hydrogen (secondary N) is 2. The maximum atomic E-state index is 11.2. The number of hydrogen-bond donors (Lipinski definition) is 3. The third kappa shape index (κ3) is 6.34. The smallest absolute Gasteiger partial charge is 0.335 e. The average Bonchev–Trinajstić information content (AvgIpc) is 3.42. The highest BCUT2D eigenvalue weighted by atomic mass is 16.5. The van der Waals surface area contributed by atoms with Crippen molar-refractivity contribution in [2.45, 2.75) is 13.0 Å². The van der Waals surface area contributed by atoms with Crippen molar-refractivity contribution in [1.82, 2.24) is 14.4 Å². The Hall–Kier alpha value is -5.60. The fourth-order valence-electron chi connectivity index (χ4n) is 4.79. The molecular formula is C35H29N5O3. The second kappa shape index (κ2) is 12.5. The maximum absolute atomic E-state index is 11.2. The van der Waals surface area contributed by atoms with Gasteiger partial charge < -0.3 is 20.6 Å². The zero-order valence-electron chi connectivity index (χ0n) is 23.3. The Morgan fingerprint density at radius 1 is 0.884 bits per heavy atom. The Labute approximate surface area is 248 Å². The molecule has 3 aromatic heterocycles. The highest BCUT2D eigenvalue weighted by molar-refractivity contribution is 5.88. The number of imidazole rings is 1. The quantitative estimate of drug-likeness (QED) is 0.112. The summed E-state index contributed by atoms with van der Waals surface area (Å²) in [5, 5.41) is 19.9. The Balaban J connectivity index is 1.08. The van der Waals surface area contributed by atoms with Crippen LogP contribution in [0, 0.1) is 5.41 Å². The van der Waals surface area contributed by atoms with Crippen LogP contribution in [-0.4, -0.2) is 38.3 Å². The molecule has 0 saturated heterocycles. The minimum Gasteiger partial charge on any atom is -0.478 e. The minimum absolute atomic E-state index is 0.237. The number of ether oxygens (including phenoxy) is 1. The molecule has 6 rings (SSSR count). The normalized spacial score (nSPS) is 11.0. The zero-order chi connectivity index (χ0) is 29.6. The molecule has 8 nitrogen and oxygen atoms in total. The van der Waals surface area contributed by atoms with Crippen LogP contribution < -0.4 is 5.32 Å². The lowest BCUT2D eigenvalue weighted by molar-refractivity contribution is 0.0697. The number of rotatable bonds is 11. The SMILES string of the molecule is N=Cc1ccc(-c2ccc(COCCc3ccc(-c4nc5ccccn5c4Nc4ccc(C(=O)O)cc4)cc3)cc2)nc1. The van der Waals surface area contributed by atoms with Gasteiger partial charge in [-0.25, -0.2) is 9.78 Å². The van der Waals surface area contributed by atoms with Gasteiger partial charge in [-0.3, -0.25) is 9.38 Å². The zero-order valence-corrected chi connectivity index (χ0v) is 23.3. The molecule has 0 unspecified atom stereocenters. The third-order valence-electron chi connectivity index (χ3n) is 7.16. The number of hydrogen-bond acceptors (Lipinski definition) is 6. The number of anilines is 2. The van der Waals surface area contributed by atoms with E-state index in [2.05, 4.69) is 46.7 Å². The van der Waals surface area contributed by atoms with Crippen LogP contribution in [0.4, 0.5) is 11.5 Å². The van der Waals surface area contributed by atoms with Crippen molar-refractivity contribution in [3.05, 3.63) is 138 Å². The summed E-state index contributed by atoms with van der Waals surface area (Å²) in [6.45, 7) is 1.13. The van der Waals surface area contributed by atoms with Crippen LogP contribution in [0.2, 0.25) is 0 Å². The van der Waals surface area contributed by atoms with Crippen molar-refractivity contribution >= 4 is 29.3 Å². The highest BCUT2D eigenvalue weighted by Crippen LogP contribution is 2.31. The van der Waals surface area contributed by atoms with Crippen molar-refractivity contribution in [3.63, 3.8) is 0 Å². The molecule has 0 aliphatic carbocycles. The van der Waals surface area contributed by atoms with Crippen molar-refractivity contribution < 1.29 is 14.6 Å². The number of benzene rings is 3. The molecule has 3 heterocycles. The second-order valence-corrected chi connectivity index (χ2v) is 10.1. The van der Waals surface area contributed by atoms with E-state index in [4.69, 9.17) is 15.1 Å².